The molecule has 0 bridgehead atoms. The highest BCUT2D eigenvalue weighted by Gasteiger charge is 2.19. The first kappa shape index (κ1) is 17.2. The largest absolute Gasteiger partial charge is 0.262 e. The minimum absolute atomic E-state index is 0.0383. The maximum absolute atomic E-state index is 6.40. The Hall–Kier alpha value is -1.59. The number of nitrogens with zero attached hydrogens (tertiary/aromatic N) is 3. The second-order valence-corrected chi connectivity index (χ2v) is 8.32. The van der Waals surface area contributed by atoms with Gasteiger partial charge in [0.05, 0.1) is 5.52 Å². The molecule has 3 aromatic rings. The van der Waals surface area contributed by atoms with Crippen molar-refractivity contribution < 1.29 is 0 Å². The van der Waals surface area contributed by atoms with Crippen molar-refractivity contribution in [1.82, 2.24) is 20.2 Å². The van der Waals surface area contributed by atoms with Crippen molar-refractivity contribution in [2.75, 3.05) is 0 Å². The Morgan fingerprint density at radius 2 is 1.92 bits per heavy atom. The summed E-state index contributed by atoms with van der Waals surface area (Å²) in [5, 5.41) is 9.69. The van der Waals surface area contributed by atoms with Gasteiger partial charge in [-0.2, -0.15) is 0 Å². The van der Waals surface area contributed by atoms with E-state index in [0.29, 0.717) is 10.9 Å². The van der Waals surface area contributed by atoms with Crippen molar-refractivity contribution in [3.63, 3.8) is 0 Å². The van der Waals surface area contributed by atoms with Crippen LogP contribution in [-0.2, 0) is 11.2 Å². The summed E-state index contributed by atoms with van der Waals surface area (Å²) in [5.41, 5.74) is 4.34. The molecule has 0 atom stereocenters. The van der Waals surface area contributed by atoms with Gasteiger partial charge in [-0.15, -0.1) is 5.10 Å². The van der Waals surface area contributed by atoms with Crippen LogP contribution in [0.1, 0.15) is 43.3 Å². The van der Waals surface area contributed by atoms with Crippen LogP contribution in [0.3, 0.4) is 0 Å². The highest BCUT2D eigenvalue weighted by molar-refractivity contribution is 7.98. The monoisotopic (exact) mass is 360 g/mol. The number of benzene rings is 1. The van der Waals surface area contributed by atoms with Crippen LogP contribution in [0.2, 0.25) is 5.15 Å². The maximum atomic E-state index is 6.40. The molecule has 0 fully saturated rings. The third-order valence-electron chi connectivity index (χ3n) is 4.07. The summed E-state index contributed by atoms with van der Waals surface area (Å²) >= 11 is 7.96. The molecule has 6 heteroatoms. The first-order valence-corrected chi connectivity index (χ1v) is 9.23. The molecule has 24 heavy (non-hydrogen) atoms. The lowest BCUT2D eigenvalue weighted by molar-refractivity contribution is 0.547. The van der Waals surface area contributed by atoms with E-state index in [-0.39, 0.29) is 5.41 Å². The SMILES string of the molecule is Cc1ccc2cc(CSc3n[nH]c(C(C)(C)C)n3)c(Cl)nc2c1C. The molecule has 126 valence electrons. The quantitative estimate of drug-likeness (QED) is 0.514. The standard InChI is InChI=1S/C18H21ClN4S/c1-10-6-7-12-8-13(15(19)20-14(12)11(10)2)9-24-17-21-16(22-23-17)18(3,4)5/h6-8H,9H2,1-5H3,(H,21,22,23). The zero-order valence-electron chi connectivity index (χ0n) is 14.6. The van der Waals surface area contributed by atoms with E-state index in [9.17, 15) is 0 Å². The van der Waals surface area contributed by atoms with Gasteiger partial charge in [0, 0.05) is 22.1 Å². The Labute approximate surface area is 151 Å². The third-order valence-corrected chi connectivity index (χ3v) is 5.29. The molecule has 0 unspecified atom stereocenters. The predicted molar refractivity (Wildman–Crippen MR) is 101 cm³/mol. The van der Waals surface area contributed by atoms with Crippen molar-refractivity contribution in [3.8, 4) is 0 Å². The molecule has 2 heterocycles. The molecular weight excluding hydrogens is 340 g/mol. The van der Waals surface area contributed by atoms with Crippen LogP contribution in [0.4, 0.5) is 0 Å². The Balaban J connectivity index is 1.84. The van der Waals surface area contributed by atoms with Gasteiger partial charge in [-0.1, -0.05) is 56.3 Å². The fraction of sp³-hybridized carbons (Fsp3) is 0.389. The highest BCUT2D eigenvalue weighted by Crippen LogP contribution is 2.29. The average molecular weight is 361 g/mol. The number of aryl methyl sites for hydroxylation is 2. The first-order chi connectivity index (χ1) is 11.3. The van der Waals surface area contributed by atoms with Crippen molar-refractivity contribution >= 4 is 34.3 Å². The summed E-state index contributed by atoms with van der Waals surface area (Å²) < 4.78 is 0. The molecule has 3 rings (SSSR count). The van der Waals surface area contributed by atoms with Crippen molar-refractivity contribution in [3.05, 3.63) is 45.9 Å². The topological polar surface area (TPSA) is 54.5 Å². The number of H-pyrrole nitrogens is 1. The number of thioether (sulfide) groups is 1. The van der Waals surface area contributed by atoms with Crippen LogP contribution >= 0.6 is 23.4 Å². The summed E-state index contributed by atoms with van der Waals surface area (Å²) in [6, 6.07) is 6.33. The Morgan fingerprint density at radius 1 is 1.17 bits per heavy atom. The van der Waals surface area contributed by atoms with E-state index in [1.54, 1.807) is 11.8 Å². The van der Waals surface area contributed by atoms with Crippen molar-refractivity contribution in [2.45, 2.75) is 50.9 Å². The number of hydrogen-bond acceptors (Lipinski definition) is 4. The summed E-state index contributed by atoms with van der Waals surface area (Å²) in [6.45, 7) is 10.5. The fourth-order valence-corrected chi connectivity index (χ4v) is 3.45. The normalized spacial score (nSPS) is 12.1. The molecule has 0 aliphatic heterocycles. The average Bonchev–Trinajstić information content (AvgIpc) is 2.99. The smallest absolute Gasteiger partial charge is 0.208 e. The van der Waals surface area contributed by atoms with Crippen LogP contribution in [0.25, 0.3) is 10.9 Å². The van der Waals surface area contributed by atoms with E-state index in [1.807, 2.05) is 0 Å². The minimum Gasteiger partial charge on any atom is -0.262 e. The molecule has 1 aromatic carbocycles. The fourth-order valence-electron chi connectivity index (χ4n) is 2.39. The molecule has 4 nitrogen and oxygen atoms in total. The van der Waals surface area contributed by atoms with Gasteiger partial charge in [0.1, 0.15) is 11.0 Å². The molecule has 0 amide bonds. The summed E-state index contributed by atoms with van der Waals surface area (Å²) in [6.07, 6.45) is 0. The second kappa shape index (κ2) is 6.37. The van der Waals surface area contributed by atoms with Gasteiger partial charge in [0.2, 0.25) is 5.16 Å². The van der Waals surface area contributed by atoms with Gasteiger partial charge in [0.15, 0.2) is 0 Å². The molecule has 0 saturated carbocycles. The van der Waals surface area contributed by atoms with Crippen LogP contribution in [-0.4, -0.2) is 20.2 Å². The van der Waals surface area contributed by atoms with E-state index in [4.69, 9.17) is 11.6 Å². The Kier molecular flexibility index (Phi) is 4.58. The van der Waals surface area contributed by atoms with E-state index < -0.39 is 0 Å². The van der Waals surface area contributed by atoms with Crippen LogP contribution < -0.4 is 0 Å². The highest BCUT2D eigenvalue weighted by atomic mass is 35.5. The molecule has 0 aliphatic carbocycles. The zero-order chi connectivity index (χ0) is 17.5. The number of halogens is 1. The van der Waals surface area contributed by atoms with Gasteiger partial charge in [-0.05, 0) is 31.0 Å². The van der Waals surface area contributed by atoms with Gasteiger partial charge >= 0.3 is 0 Å². The number of fused-ring (bicyclic) bond motifs is 1. The van der Waals surface area contributed by atoms with E-state index in [1.165, 1.54) is 11.1 Å². The lowest BCUT2D eigenvalue weighted by Crippen LogP contribution is -2.13. The van der Waals surface area contributed by atoms with E-state index >= 15 is 0 Å². The van der Waals surface area contributed by atoms with Gasteiger partial charge in [-0.25, -0.2) is 9.97 Å². The lowest BCUT2D eigenvalue weighted by atomic mass is 9.96. The number of pyridine rings is 1. The molecule has 0 radical (unpaired) electrons. The number of nitrogens with one attached hydrogen (secondary N) is 1. The van der Waals surface area contributed by atoms with Crippen molar-refractivity contribution in [1.29, 1.82) is 0 Å². The summed E-state index contributed by atoms with van der Waals surface area (Å²) in [4.78, 5) is 9.14. The van der Waals surface area contributed by atoms with Gasteiger partial charge < -0.3 is 0 Å². The van der Waals surface area contributed by atoms with Crippen LogP contribution in [0, 0.1) is 13.8 Å². The summed E-state index contributed by atoms with van der Waals surface area (Å²) in [7, 11) is 0. The third kappa shape index (κ3) is 3.42. The molecule has 0 spiro atoms. The second-order valence-electron chi connectivity index (χ2n) is 7.02. The maximum Gasteiger partial charge on any atom is 0.208 e. The van der Waals surface area contributed by atoms with Crippen LogP contribution in [0.5, 0.6) is 0 Å². The Morgan fingerprint density at radius 3 is 2.58 bits per heavy atom. The predicted octanol–water partition coefficient (Wildman–Crippen LogP) is 5.21. The van der Waals surface area contributed by atoms with Gasteiger partial charge in [-0.3, -0.25) is 5.10 Å². The molecule has 1 N–H and O–H groups in total. The number of aromatic nitrogens is 4. The van der Waals surface area contributed by atoms with E-state index in [0.717, 1.165) is 27.4 Å². The minimum atomic E-state index is -0.0383. The zero-order valence-corrected chi connectivity index (χ0v) is 16.1. The number of hydrogen-bond donors (Lipinski definition) is 1. The number of rotatable bonds is 3. The molecule has 0 saturated heterocycles. The van der Waals surface area contributed by atoms with Crippen LogP contribution in [0.15, 0.2) is 23.4 Å². The van der Waals surface area contributed by atoms with E-state index in [2.05, 4.69) is 73.0 Å². The molecule has 2 aromatic heterocycles. The Bertz CT molecular complexity index is 896. The summed E-state index contributed by atoms with van der Waals surface area (Å²) in [5.74, 6) is 1.58. The number of aromatic amines is 1. The van der Waals surface area contributed by atoms with Gasteiger partial charge in [0.25, 0.3) is 0 Å². The molecular formula is C18H21ClN4S. The lowest BCUT2D eigenvalue weighted by Gasteiger charge is -2.12. The molecule has 0 aliphatic rings. The first-order valence-electron chi connectivity index (χ1n) is 7.87. The van der Waals surface area contributed by atoms with Crippen molar-refractivity contribution in [2.24, 2.45) is 0 Å².